The van der Waals surface area contributed by atoms with E-state index in [9.17, 15) is 5.11 Å². The molecule has 1 unspecified atom stereocenters. The molecule has 2 fully saturated rings. The maximum atomic E-state index is 9.98. The van der Waals surface area contributed by atoms with Gasteiger partial charge >= 0.3 is 0 Å². The summed E-state index contributed by atoms with van der Waals surface area (Å²) in [6.45, 7) is 7.89. The standard InChI is InChI=1S/C17H24N10O/c1-17(2,3)16-18-14-13(15(19-16)25-7-6-11(28)8-25)21-26(22-14)9-12-20-23-24-27(12)10-4-5-10/h10-11,28H,4-9H2,1-3H3. The molecule has 1 aliphatic carbocycles. The van der Waals surface area contributed by atoms with E-state index in [1.54, 1.807) is 4.80 Å². The molecule has 0 bridgehead atoms. The largest absolute Gasteiger partial charge is 0.391 e. The molecule has 3 aromatic rings. The van der Waals surface area contributed by atoms with Gasteiger partial charge in [0.2, 0.25) is 5.65 Å². The molecule has 5 rings (SSSR count). The second kappa shape index (κ2) is 6.16. The number of tetrazole rings is 1. The van der Waals surface area contributed by atoms with Crippen molar-refractivity contribution in [2.45, 2.75) is 64.1 Å². The van der Waals surface area contributed by atoms with Crippen molar-refractivity contribution in [3.8, 4) is 0 Å². The van der Waals surface area contributed by atoms with Crippen LogP contribution in [-0.2, 0) is 12.0 Å². The minimum atomic E-state index is -0.346. The lowest BCUT2D eigenvalue weighted by Crippen LogP contribution is -2.25. The van der Waals surface area contributed by atoms with Gasteiger partial charge in [0.1, 0.15) is 12.4 Å². The lowest BCUT2D eigenvalue weighted by molar-refractivity contribution is 0.198. The fraction of sp³-hybridized carbons (Fsp3) is 0.706. The zero-order valence-electron chi connectivity index (χ0n) is 16.3. The van der Waals surface area contributed by atoms with Crippen LogP contribution in [0.15, 0.2) is 0 Å². The Bertz CT molecular complexity index is 1010. The highest BCUT2D eigenvalue weighted by atomic mass is 16.3. The van der Waals surface area contributed by atoms with Gasteiger partial charge in [-0.05, 0) is 29.7 Å². The van der Waals surface area contributed by atoms with E-state index >= 15 is 0 Å². The van der Waals surface area contributed by atoms with Crippen LogP contribution in [0.3, 0.4) is 0 Å². The van der Waals surface area contributed by atoms with Crippen molar-refractivity contribution in [2.75, 3.05) is 18.0 Å². The van der Waals surface area contributed by atoms with E-state index in [0.29, 0.717) is 36.1 Å². The van der Waals surface area contributed by atoms with Gasteiger partial charge in [0, 0.05) is 18.5 Å². The summed E-state index contributed by atoms with van der Waals surface area (Å²) >= 11 is 0. The summed E-state index contributed by atoms with van der Waals surface area (Å²) in [5.74, 6) is 2.19. The molecule has 1 saturated carbocycles. The third-order valence-corrected chi connectivity index (χ3v) is 5.14. The van der Waals surface area contributed by atoms with Crippen LogP contribution in [0, 0.1) is 0 Å². The fourth-order valence-electron chi connectivity index (χ4n) is 3.44. The number of hydrogen-bond acceptors (Lipinski definition) is 9. The van der Waals surface area contributed by atoms with Crippen LogP contribution in [0.2, 0.25) is 0 Å². The van der Waals surface area contributed by atoms with E-state index in [1.165, 1.54) is 0 Å². The Balaban J connectivity index is 1.56. The lowest BCUT2D eigenvalue weighted by Gasteiger charge is -2.21. The number of nitrogens with zero attached hydrogens (tertiary/aromatic N) is 10. The number of fused-ring (bicyclic) bond motifs is 1. The van der Waals surface area contributed by atoms with Crippen LogP contribution in [-0.4, -0.2) is 69.5 Å². The van der Waals surface area contributed by atoms with Crippen LogP contribution in [0.25, 0.3) is 11.2 Å². The van der Waals surface area contributed by atoms with Gasteiger partial charge in [-0.3, -0.25) is 0 Å². The van der Waals surface area contributed by atoms with E-state index < -0.39 is 0 Å². The van der Waals surface area contributed by atoms with Gasteiger partial charge in [0.05, 0.1) is 12.1 Å². The van der Waals surface area contributed by atoms with Gasteiger partial charge in [0.25, 0.3) is 0 Å². The number of hydrogen-bond donors (Lipinski definition) is 1. The van der Waals surface area contributed by atoms with Crippen LogP contribution >= 0.6 is 0 Å². The molecule has 1 atom stereocenters. The van der Waals surface area contributed by atoms with Crippen molar-refractivity contribution in [1.82, 2.24) is 45.2 Å². The van der Waals surface area contributed by atoms with E-state index in [4.69, 9.17) is 4.98 Å². The molecule has 1 saturated heterocycles. The molecule has 0 spiro atoms. The monoisotopic (exact) mass is 384 g/mol. The Morgan fingerprint density at radius 3 is 2.61 bits per heavy atom. The summed E-state index contributed by atoms with van der Waals surface area (Å²) in [4.78, 5) is 13.1. The summed E-state index contributed by atoms with van der Waals surface area (Å²) in [5, 5.41) is 31.2. The first kappa shape index (κ1) is 17.4. The fourth-order valence-corrected chi connectivity index (χ4v) is 3.44. The van der Waals surface area contributed by atoms with E-state index in [0.717, 1.165) is 37.4 Å². The minimum absolute atomic E-state index is 0.221. The first-order chi connectivity index (χ1) is 13.4. The first-order valence-corrected chi connectivity index (χ1v) is 9.71. The van der Waals surface area contributed by atoms with Crippen molar-refractivity contribution in [3.63, 3.8) is 0 Å². The van der Waals surface area contributed by atoms with Gasteiger partial charge in [-0.1, -0.05) is 20.8 Å². The zero-order valence-corrected chi connectivity index (χ0v) is 16.3. The average molecular weight is 384 g/mol. The van der Waals surface area contributed by atoms with Crippen LogP contribution in [0.4, 0.5) is 5.82 Å². The van der Waals surface area contributed by atoms with E-state index in [1.807, 2.05) is 4.68 Å². The summed E-state index contributed by atoms with van der Waals surface area (Å²) in [6, 6.07) is 0.393. The molecule has 3 aromatic heterocycles. The lowest BCUT2D eigenvalue weighted by atomic mass is 9.96. The molecule has 0 amide bonds. The van der Waals surface area contributed by atoms with Crippen molar-refractivity contribution in [2.24, 2.45) is 0 Å². The van der Waals surface area contributed by atoms with Gasteiger partial charge in [-0.25, -0.2) is 14.6 Å². The van der Waals surface area contributed by atoms with Gasteiger partial charge in [-0.2, -0.15) is 4.80 Å². The predicted molar refractivity (Wildman–Crippen MR) is 99.8 cm³/mol. The molecule has 1 N–H and O–H groups in total. The van der Waals surface area contributed by atoms with Crippen LogP contribution in [0.1, 0.15) is 57.7 Å². The maximum Gasteiger partial charge on any atom is 0.207 e. The average Bonchev–Trinajstić information content (AvgIpc) is 3.02. The van der Waals surface area contributed by atoms with E-state index in [-0.39, 0.29) is 11.5 Å². The van der Waals surface area contributed by atoms with Crippen LogP contribution in [0.5, 0.6) is 0 Å². The smallest absolute Gasteiger partial charge is 0.207 e. The highest BCUT2D eigenvalue weighted by Gasteiger charge is 2.30. The predicted octanol–water partition coefficient (Wildman–Crippen LogP) is 0.459. The molecule has 148 valence electrons. The number of anilines is 1. The maximum absolute atomic E-state index is 9.98. The van der Waals surface area contributed by atoms with Crippen LogP contribution < -0.4 is 4.90 Å². The second-order valence-corrected chi connectivity index (χ2v) is 8.68. The molecular weight excluding hydrogens is 360 g/mol. The third-order valence-electron chi connectivity index (χ3n) is 5.14. The molecule has 11 heteroatoms. The second-order valence-electron chi connectivity index (χ2n) is 8.68. The number of aliphatic hydroxyl groups is 1. The summed E-state index contributed by atoms with van der Waals surface area (Å²) in [6.07, 6.45) is 2.59. The van der Waals surface area contributed by atoms with Gasteiger partial charge in [0.15, 0.2) is 17.2 Å². The number of β-amino-alcohol motifs (C(OH)–C–C–N with tert-alkyl or cyclic N) is 1. The topological polar surface area (TPSA) is 124 Å². The Morgan fingerprint density at radius 1 is 1.11 bits per heavy atom. The highest BCUT2D eigenvalue weighted by Crippen LogP contribution is 2.34. The third kappa shape index (κ3) is 3.09. The SMILES string of the molecule is CC(C)(C)c1nc(N2CCC(O)C2)c2nn(Cc3nnnn3C3CC3)nc2n1. The number of rotatable bonds is 4. The molecule has 2 aliphatic rings. The highest BCUT2D eigenvalue weighted by molar-refractivity contribution is 5.82. The van der Waals surface area contributed by atoms with Gasteiger partial charge < -0.3 is 10.0 Å². The molecule has 1 aliphatic heterocycles. The Kier molecular flexibility index (Phi) is 3.83. The normalized spacial score (nSPS) is 20.4. The van der Waals surface area contributed by atoms with Crippen molar-refractivity contribution < 1.29 is 5.11 Å². The first-order valence-electron chi connectivity index (χ1n) is 9.71. The van der Waals surface area contributed by atoms with Crippen molar-refractivity contribution in [1.29, 1.82) is 0 Å². The van der Waals surface area contributed by atoms with Crippen molar-refractivity contribution >= 4 is 17.0 Å². The minimum Gasteiger partial charge on any atom is -0.391 e. The zero-order chi connectivity index (χ0) is 19.5. The Labute approximate surface area is 161 Å². The number of aromatic nitrogens is 9. The Hall–Kier alpha value is -2.69. The molecule has 4 heterocycles. The Morgan fingerprint density at radius 2 is 1.93 bits per heavy atom. The number of aliphatic hydroxyl groups excluding tert-OH is 1. The summed E-state index contributed by atoms with van der Waals surface area (Å²) in [7, 11) is 0. The molecule has 0 radical (unpaired) electrons. The molecule has 0 aromatic carbocycles. The summed E-state index contributed by atoms with van der Waals surface area (Å²) in [5.41, 5.74) is 0.982. The molecule has 28 heavy (non-hydrogen) atoms. The van der Waals surface area contributed by atoms with Crippen molar-refractivity contribution in [3.05, 3.63) is 11.6 Å². The molecular formula is C17H24N10O. The molecule has 11 nitrogen and oxygen atoms in total. The summed E-state index contributed by atoms with van der Waals surface area (Å²) < 4.78 is 1.86. The van der Waals surface area contributed by atoms with Gasteiger partial charge in [-0.15, -0.1) is 15.3 Å². The quantitative estimate of drug-likeness (QED) is 0.683. The van der Waals surface area contributed by atoms with E-state index in [2.05, 4.69) is 56.4 Å².